The average molecular weight is 275 g/mol. The molecule has 0 amide bonds. The number of rotatable bonds is 2. The Morgan fingerprint density at radius 1 is 1.42 bits per heavy atom. The van der Waals surface area contributed by atoms with Crippen molar-refractivity contribution >= 4 is 17.2 Å². The van der Waals surface area contributed by atoms with E-state index in [1.807, 2.05) is 18.4 Å². The lowest BCUT2D eigenvalue weighted by atomic mass is 9.98. The van der Waals surface area contributed by atoms with Gasteiger partial charge in [0.05, 0.1) is 6.04 Å². The normalized spacial score (nSPS) is 18.8. The van der Waals surface area contributed by atoms with Crippen molar-refractivity contribution in [1.29, 1.82) is 0 Å². The number of halogens is 1. The quantitative estimate of drug-likeness (QED) is 0.914. The molecular weight excluding hydrogens is 261 g/mol. The number of hydrogen-bond acceptors (Lipinski definition) is 4. The molecule has 3 rings (SSSR count). The molecule has 2 heterocycles. The second-order valence-corrected chi connectivity index (χ2v) is 5.39. The van der Waals surface area contributed by atoms with Gasteiger partial charge in [-0.2, -0.15) is 0 Å². The van der Waals surface area contributed by atoms with Crippen molar-refractivity contribution in [3.63, 3.8) is 0 Å². The summed E-state index contributed by atoms with van der Waals surface area (Å²) < 4.78 is 13.6. The lowest BCUT2D eigenvalue weighted by molar-refractivity contribution is 0.580. The summed E-state index contributed by atoms with van der Waals surface area (Å²) in [5, 5.41) is 6.07. The standard InChI is InChI=1S/C14H14FN3S/c1-9-10(3-2-4-11(9)15)12-5-6-16-13(18-12)14-17-7-8-19-14/h2-4,7-8,12H,5-6H2,1H3,(H,16,18)/t12-/m1/s1. The molecule has 0 saturated carbocycles. The fourth-order valence-electron chi connectivity index (χ4n) is 2.27. The Balaban J connectivity index is 1.97. The fourth-order valence-corrected chi connectivity index (χ4v) is 2.88. The minimum absolute atomic E-state index is 0.0100. The Bertz CT molecular complexity index is 607. The van der Waals surface area contributed by atoms with Gasteiger partial charge >= 0.3 is 0 Å². The maximum Gasteiger partial charge on any atom is 0.158 e. The van der Waals surface area contributed by atoms with Crippen molar-refractivity contribution in [3.05, 3.63) is 51.7 Å². The highest BCUT2D eigenvalue weighted by atomic mass is 32.1. The molecule has 0 unspecified atom stereocenters. The molecule has 98 valence electrons. The molecule has 1 aliphatic heterocycles. The molecule has 19 heavy (non-hydrogen) atoms. The highest BCUT2D eigenvalue weighted by Crippen LogP contribution is 2.28. The van der Waals surface area contributed by atoms with Crippen molar-refractivity contribution in [2.75, 3.05) is 6.54 Å². The van der Waals surface area contributed by atoms with Gasteiger partial charge in [-0.05, 0) is 30.5 Å². The summed E-state index contributed by atoms with van der Waals surface area (Å²) in [6.45, 7) is 2.64. The second kappa shape index (κ2) is 5.09. The van der Waals surface area contributed by atoms with E-state index in [2.05, 4.69) is 15.3 Å². The molecular formula is C14H14FN3S. The highest BCUT2D eigenvalue weighted by Gasteiger charge is 2.20. The Hall–Kier alpha value is -1.75. The van der Waals surface area contributed by atoms with Crippen molar-refractivity contribution in [2.45, 2.75) is 19.4 Å². The summed E-state index contributed by atoms with van der Waals surface area (Å²) in [6, 6.07) is 5.21. The van der Waals surface area contributed by atoms with Gasteiger partial charge in [0.15, 0.2) is 10.8 Å². The summed E-state index contributed by atoms with van der Waals surface area (Å²) >= 11 is 1.56. The number of hydrogen-bond donors (Lipinski definition) is 1. The van der Waals surface area contributed by atoms with E-state index in [-0.39, 0.29) is 11.9 Å². The van der Waals surface area contributed by atoms with Gasteiger partial charge in [0.2, 0.25) is 0 Å². The van der Waals surface area contributed by atoms with E-state index in [0.717, 1.165) is 29.4 Å². The Morgan fingerprint density at radius 2 is 2.32 bits per heavy atom. The third-order valence-electron chi connectivity index (χ3n) is 3.30. The van der Waals surface area contributed by atoms with Gasteiger partial charge < -0.3 is 5.32 Å². The third kappa shape index (κ3) is 2.38. The maximum absolute atomic E-state index is 13.6. The Labute approximate surface area is 115 Å². The summed E-state index contributed by atoms with van der Waals surface area (Å²) in [5.41, 5.74) is 1.66. The largest absolute Gasteiger partial charge is 0.368 e. The molecule has 0 spiro atoms. The van der Waals surface area contributed by atoms with Crippen LogP contribution in [0.1, 0.15) is 28.6 Å². The van der Waals surface area contributed by atoms with E-state index >= 15 is 0 Å². The molecule has 1 aromatic carbocycles. The number of nitrogens with zero attached hydrogens (tertiary/aromatic N) is 2. The van der Waals surface area contributed by atoms with Gasteiger partial charge in [-0.1, -0.05) is 12.1 Å². The minimum atomic E-state index is -0.165. The fraction of sp³-hybridized carbons (Fsp3) is 0.286. The first kappa shape index (κ1) is 12.3. The third-order valence-corrected chi connectivity index (χ3v) is 4.08. The van der Waals surface area contributed by atoms with E-state index in [4.69, 9.17) is 0 Å². The number of benzene rings is 1. The van der Waals surface area contributed by atoms with Gasteiger partial charge in [0, 0.05) is 18.1 Å². The zero-order valence-electron chi connectivity index (χ0n) is 10.6. The van der Waals surface area contributed by atoms with E-state index in [0.29, 0.717) is 5.56 Å². The van der Waals surface area contributed by atoms with Crippen LogP contribution >= 0.6 is 11.3 Å². The van der Waals surface area contributed by atoms with Crippen LogP contribution in [0.3, 0.4) is 0 Å². The van der Waals surface area contributed by atoms with Crippen molar-refractivity contribution < 1.29 is 4.39 Å². The van der Waals surface area contributed by atoms with Crippen LogP contribution in [0.15, 0.2) is 34.8 Å². The van der Waals surface area contributed by atoms with Gasteiger partial charge in [-0.3, -0.25) is 4.99 Å². The first-order valence-electron chi connectivity index (χ1n) is 6.22. The number of aliphatic imine (C=N–C) groups is 1. The zero-order valence-corrected chi connectivity index (χ0v) is 11.4. The Kier molecular flexibility index (Phi) is 3.29. The molecule has 0 aliphatic carbocycles. The maximum atomic E-state index is 13.6. The van der Waals surface area contributed by atoms with E-state index in [1.54, 1.807) is 23.6 Å². The summed E-state index contributed by atoms with van der Waals surface area (Å²) in [4.78, 5) is 8.94. The molecule has 2 aromatic rings. The molecule has 1 aromatic heterocycles. The molecule has 3 nitrogen and oxygen atoms in total. The molecule has 5 heteroatoms. The molecule has 0 fully saturated rings. The van der Waals surface area contributed by atoms with E-state index < -0.39 is 0 Å². The number of thiazole rings is 1. The minimum Gasteiger partial charge on any atom is -0.368 e. The van der Waals surface area contributed by atoms with Gasteiger partial charge in [0.25, 0.3) is 0 Å². The van der Waals surface area contributed by atoms with Crippen LogP contribution in [0.25, 0.3) is 0 Å². The molecule has 0 saturated heterocycles. The number of amidine groups is 1. The van der Waals surface area contributed by atoms with Crippen molar-refractivity contribution in [1.82, 2.24) is 10.3 Å². The zero-order chi connectivity index (χ0) is 13.2. The van der Waals surface area contributed by atoms with Crippen LogP contribution in [0, 0.1) is 12.7 Å². The monoisotopic (exact) mass is 275 g/mol. The Morgan fingerprint density at radius 3 is 3.11 bits per heavy atom. The lowest BCUT2D eigenvalue weighted by Crippen LogP contribution is -2.31. The first-order valence-corrected chi connectivity index (χ1v) is 7.10. The van der Waals surface area contributed by atoms with E-state index in [9.17, 15) is 4.39 Å². The molecule has 0 bridgehead atoms. The van der Waals surface area contributed by atoms with Crippen LogP contribution in [-0.4, -0.2) is 17.4 Å². The summed E-state index contributed by atoms with van der Waals surface area (Å²) in [5.74, 6) is 0.650. The van der Waals surface area contributed by atoms with Crippen LogP contribution in [-0.2, 0) is 0 Å². The first-order chi connectivity index (χ1) is 9.25. The number of nitrogens with one attached hydrogen (secondary N) is 1. The van der Waals surface area contributed by atoms with Gasteiger partial charge in [-0.25, -0.2) is 9.37 Å². The predicted molar refractivity (Wildman–Crippen MR) is 75.1 cm³/mol. The SMILES string of the molecule is Cc1c(F)cccc1[C@H]1CCNC(c2nccs2)=N1. The second-order valence-electron chi connectivity index (χ2n) is 4.50. The van der Waals surface area contributed by atoms with E-state index in [1.165, 1.54) is 6.07 Å². The average Bonchev–Trinajstić information content (AvgIpc) is 2.96. The van der Waals surface area contributed by atoms with Gasteiger partial charge in [-0.15, -0.1) is 11.3 Å². The molecule has 1 aliphatic rings. The highest BCUT2D eigenvalue weighted by molar-refractivity contribution is 7.11. The predicted octanol–water partition coefficient (Wildman–Crippen LogP) is 3.07. The van der Waals surface area contributed by atoms with Gasteiger partial charge in [0.1, 0.15) is 5.82 Å². The number of aromatic nitrogens is 1. The molecule has 1 N–H and O–H groups in total. The van der Waals surface area contributed by atoms with Crippen LogP contribution < -0.4 is 5.32 Å². The molecule has 0 radical (unpaired) electrons. The van der Waals surface area contributed by atoms with Crippen molar-refractivity contribution in [2.24, 2.45) is 4.99 Å². The summed E-state index contributed by atoms with van der Waals surface area (Å²) in [7, 11) is 0. The van der Waals surface area contributed by atoms with Crippen molar-refractivity contribution in [3.8, 4) is 0 Å². The molecule has 1 atom stereocenters. The lowest BCUT2D eigenvalue weighted by Gasteiger charge is -2.22. The van der Waals surface area contributed by atoms with Crippen LogP contribution in [0.2, 0.25) is 0 Å². The van der Waals surface area contributed by atoms with Crippen LogP contribution in [0.4, 0.5) is 4.39 Å². The smallest absolute Gasteiger partial charge is 0.158 e. The summed E-state index contributed by atoms with van der Waals surface area (Å²) in [6.07, 6.45) is 2.64. The topological polar surface area (TPSA) is 37.3 Å². The van der Waals surface area contributed by atoms with Crippen LogP contribution in [0.5, 0.6) is 0 Å².